The highest BCUT2D eigenvalue weighted by Gasteiger charge is 2.24. The number of hydrogen-bond acceptors (Lipinski definition) is 5. The average Bonchev–Trinajstić information content (AvgIpc) is 3.33. The lowest BCUT2D eigenvalue weighted by Gasteiger charge is -2.18. The SMILES string of the molecule is CC(CO)n1c(-c2ccc(C3=CCNCC3)cc2F)nnc1-c1ccc(C2=CCNCC2)cc1F.Cl. The van der Waals surface area contributed by atoms with Crippen molar-refractivity contribution < 1.29 is 13.9 Å². The lowest BCUT2D eigenvalue weighted by molar-refractivity contribution is 0.240. The molecule has 36 heavy (non-hydrogen) atoms. The van der Waals surface area contributed by atoms with E-state index in [9.17, 15) is 5.11 Å². The number of aliphatic hydroxyl groups is 1. The quantitative estimate of drug-likeness (QED) is 0.448. The van der Waals surface area contributed by atoms with Gasteiger partial charge in [0, 0.05) is 13.1 Å². The number of aromatic nitrogens is 3. The predicted molar refractivity (Wildman–Crippen MR) is 141 cm³/mol. The minimum Gasteiger partial charge on any atom is -0.394 e. The highest BCUT2D eigenvalue weighted by Crippen LogP contribution is 2.33. The molecule has 9 heteroatoms. The second-order valence-electron chi connectivity index (χ2n) is 9.01. The molecule has 0 saturated heterocycles. The van der Waals surface area contributed by atoms with Crippen LogP contribution in [-0.4, -0.2) is 52.7 Å². The first kappa shape index (κ1) is 26.2. The van der Waals surface area contributed by atoms with Crippen LogP contribution in [0.1, 0.15) is 36.9 Å². The van der Waals surface area contributed by atoms with Gasteiger partial charge in [0.2, 0.25) is 0 Å². The molecule has 190 valence electrons. The summed E-state index contributed by atoms with van der Waals surface area (Å²) in [5.74, 6) is -0.342. The van der Waals surface area contributed by atoms with Gasteiger partial charge in [-0.25, -0.2) is 8.78 Å². The maximum atomic E-state index is 15.3. The largest absolute Gasteiger partial charge is 0.394 e. The van der Waals surface area contributed by atoms with Crippen LogP contribution in [0.3, 0.4) is 0 Å². The van der Waals surface area contributed by atoms with Gasteiger partial charge in [-0.1, -0.05) is 24.3 Å². The molecule has 0 aliphatic carbocycles. The summed E-state index contributed by atoms with van der Waals surface area (Å²) in [4.78, 5) is 0. The summed E-state index contributed by atoms with van der Waals surface area (Å²) in [6, 6.07) is 9.66. The van der Waals surface area contributed by atoms with E-state index in [4.69, 9.17) is 0 Å². The molecule has 2 aliphatic rings. The first-order valence-corrected chi connectivity index (χ1v) is 12.0. The fraction of sp³-hybridized carbons (Fsp3) is 0.333. The van der Waals surface area contributed by atoms with Crippen molar-refractivity contribution in [3.8, 4) is 22.8 Å². The van der Waals surface area contributed by atoms with Crippen molar-refractivity contribution in [2.75, 3.05) is 32.8 Å². The van der Waals surface area contributed by atoms with Gasteiger partial charge in [-0.15, -0.1) is 22.6 Å². The van der Waals surface area contributed by atoms with Gasteiger partial charge in [-0.2, -0.15) is 0 Å². The Morgan fingerprint density at radius 2 is 1.33 bits per heavy atom. The molecule has 6 nitrogen and oxygen atoms in total. The Balaban J connectivity index is 0.00000304. The van der Waals surface area contributed by atoms with Gasteiger partial charge in [0.25, 0.3) is 0 Å². The fourth-order valence-corrected chi connectivity index (χ4v) is 4.72. The molecular formula is C27H30ClF2N5O. The van der Waals surface area contributed by atoms with Crippen LogP contribution in [0.25, 0.3) is 33.9 Å². The topological polar surface area (TPSA) is 75.0 Å². The molecule has 1 aromatic heterocycles. The number of rotatable bonds is 6. The zero-order valence-corrected chi connectivity index (χ0v) is 20.9. The lowest BCUT2D eigenvalue weighted by atomic mass is 9.98. The van der Waals surface area contributed by atoms with Gasteiger partial charge in [0.05, 0.1) is 23.8 Å². The Kier molecular flexibility index (Phi) is 8.31. The molecule has 0 amide bonds. The van der Waals surface area contributed by atoms with Crippen LogP contribution in [0.5, 0.6) is 0 Å². The Morgan fingerprint density at radius 3 is 1.69 bits per heavy atom. The first-order chi connectivity index (χ1) is 17.1. The summed E-state index contributed by atoms with van der Waals surface area (Å²) < 4.78 is 32.2. The van der Waals surface area contributed by atoms with Gasteiger partial charge in [-0.05, 0) is 79.4 Å². The maximum Gasteiger partial charge on any atom is 0.167 e. The van der Waals surface area contributed by atoms with Crippen LogP contribution in [0, 0.1) is 11.6 Å². The molecule has 1 atom stereocenters. The molecule has 0 radical (unpaired) electrons. The highest BCUT2D eigenvalue weighted by molar-refractivity contribution is 5.85. The van der Waals surface area contributed by atoms with Crippen molar-refractivity contribution in [1.82, 2.24) is 25.4 Å². The summed E-state index contributed by atoms with van der Waals surface area (Å²) in [6.07, 6.45) is 5.81. The molecule has 1 unspecified atom stereocenters. The number of hydrogen-bond donors (Lipinski definition) is 3. The summed E-state index contributed by atoms with van der Waals surface area (Å²) in [6.45, 7) is 4.80. The van der Waals surface area contributed by atoms with Crippen molar-refractivity contribution in [3.05, 3.63) is 71.3 Å². The number of nitrogens with one attached hydrogen (secondary N) is 2. The third-order valence-corrected chi connectivity index (χ3v) is 6.69. The molecule has 3 heterocycles. The van der Waals surface area contributed by atoms with E-state index in [1.807, 2.05) is 12.1 Å². The molecule has 0 fully saturated rings. The van der Waals surface area contributed by atoms with Crippen LogP contribution in [-0.2, 0) is 0 Å². The Bertz CT molecular complexity index is 1210. The first-order valence-electron chi connectivity index (χ1n) is 12.0. The maximum absolute atomic E-state index is 15.3. The molecule has 5 rings (SSSR count). The summed E-state index contributed by atoms with van der Waals surface area (Å²) in [7, 11) is 0. The average molecular weight is 514 g/mol. The predicted octanol–water partition coefficient (Wildman–Crippen LogP) is 4.62. The zero-order chi connectivity index (χ0) is 24.4. The summed E-state index contributed by atoms with van der Waals surface area (Å²) >= 11 is 0. The van der Waals surface area contributed by atoms with Crippen LogP contribution < -0.4 is 10.6 Å². The summed E-state index contributed by atoms with van der Waals surface area (Å²) in [5, 5.41) is 24.9. The van der Waals surface area contributed by atoms with Gasteiger partial charge in [-0.3, -0.25) is 0 Å². The third kappa shape index (κ3) is 5.13. The van der Waals surface area contributed by atoms with E-state index in [-0.39, 0.29) is 41.8 Å². The molecule has 0 saturated carbocycles. The van der Waals surface area contributed by atoms with Gasteiger partial charge < -0.3 is 20.3 Å². The Labute approximate surface area is 215 Å². The third-order valence-electron chi connectivity index (χ3n) is 6.69. The van der Waals surface area contributed by atoms with Crippen LogP contribution in [0.2, 0.25) is 0 Å². The number of aliphatic hydroxyl groups excluding tert-OH is 1. The summed E-state index contributed by atoms with van der Waals surface area (Å²) in [5.41, 5.74) is 4.40. The lowest BCUT2D eigenvalue weighted by Crippen LogP contribution is -2.20. The van der Waals surface area contributed by atoms with Crippen molar-refractivity contribution in [2.45, 2.75) is 25.8 Å². The van der Waals surface area contributed by atoms with E-state index >= 15 is 8.78 Å². The van der Waals surface area contributed by atoms with Crippen LogP contribution in [0.15, 0.2) is 48.6 Å². The smallest absolute Gasteiger partial charge is 0.167 e. The van der Waals surface area contributed by atoms with E-state index in [0.717, 1.165) is 61.3 Å². The molecular weight excluding hydrogens is 484 g/mol. The number of benzene rings is 2. The van der Waals surface area contributed by atoms with E-state index < -0.39 is 17.7 Å². The Hall–Kier alpha value is -2.91. The van der Waals surface area contributed by atoms with E-state index in [1.165, 1.54) is 12.1 Å². The van der Waals surface area contributed by atoms with Crippen LogP contribution in [0.4, 0.5) is 8.78 Å². The van der Waals surface area contributed by atoms with E-state index in [1.54, 1.807) is 23.6 Å². The van der Waals surface area contributed by atoms with Crippen molar-refractivity contribution in [3.63, 3.8) is 0 Å². The molecule has 2 aromatic carbocycles. The molecule has 0 bridgehead atoms. The van der Waals surface area contributed by atoms with Crippen molar-refractivity contribution in [2.24, 2.45) is 0 Å². The fourth-order valence-electron chi connectivity index (χ4n) is 4.72. The second-order valence-corrected chi connectivity index (χ2v) is 9.01. The van der Waals surface area contributed by atoms with Crippen molar-refractivity contribution >= 4 is 23.6 Å². The minimum absolute atomic E-state index is 0. The normalized spacial score (nSPS) is 16.7. The standard InChI is InChI=1S/C27H29F2N5O.ClH/c1-17(16-35)34-26(22-4-2-20(14-24(22)28)18-6-10-30-11-7-18)32-33-27(34)23-5-3-21(15-25(23)29)19-8-12-31-13-9-19;/h2-6,8,14-15,17,30-31,35H,7,9-13,16H2,1H3;1H. The monoisotopic (exact) mass is 513 g/mol. The van der Waals surface area contributed by atoms with Crippen molar-refractivity contribution in [1.29, 1.82) is 0 Å². The number of nitrogens with zero attached hydrogens (tertiary/aromatic N) is 3. The van der Waals surface area contributed by atoms with E-state index in [2.05, 4.69) is 33.0 Å². The second kappa shape index (κ2) is 11.4. The van der Waals surface area contributed by atoms with Gasteiger partial charge in [0.15, 0.2) is 11.6 Å². The van der Waals surface area contributed by atoms with Gasteiger partial charge >= 0.3 is 0 Å². The minimum atomic E-state index is -0.479. The highest BCUT2D eigenvalue weighted by atomic mass is 35.5. The van der Waals surface area contributed by atoms with E-state index in [0.29, 0.717) is 0 Å². The molecule has 3 aromatic rings. The molecule has 0 spiro atoms. The number of halogens is 3. The molecule has 2 aliphatic heterocycles. The van der Waals surface area contributed by atoms with Crippen LogP contribution >= 0.6 is 12.4 Å². The van der Waals surface area contributed by atoms with Gasteiger partial charge in [0.1, 0.15) is 11.6 Å². The Morgan fingerprint density at radius 1 is 0.861 bits per heavy atom. The molecule has 3 N–H and O–H groups in total. The zero-order valence-electron chi connectivity index (χ0n) is 20.1.